The number of epoxide rings is 1. The lowest BCUT2D eigenvalue weighted by atomic mass is 9.43. The number of aromatic nitrogens is 1. The molecule has 0 spiro atoms. The van der Waals surface area contributed by atoms with Gasteiger partial charge in [-0.25, -0.2) is 6.57 Å². The minimum atomic E-state index is -1.31. The van der Waals surface area contributed by atoms with Crippen LogP contribution in [0.3, 0.4) is 0 Å². The van der Waals surface area contributed by atoms with Crippen molar-refractivity contribution >= 4 is 10.9 Å². The van der Waals surface area contributed by atoms with Crippen LogP contribution < -0.4 is 0 Å². The SMILES string of the molecule is [C-]#[N+][C@]12[C@H]3O[C@H]3C(C)(C)c3[nH]c4cccc5c4c3[C@]1(O)[C@H](CC[C@]2(C)C=C)C5(C)C. The Balaban J connectivity index is 1.88. The molecule has 0 bridgehead atoms. The molecule has 2 heterocycles. The average Bonchev–Trinajstić information content (AvgIpc) is 3.40. The van der Waals surface area contributed by atoms with Crippen molar-refractivity contribution in [3.8, 4) is 0 Å². The summed E-state index contributed by atoms with van der Waals surface area (Å²) >= 11 is 0. The number of nitrogens with zero attached hydrogens (tertiary/aromatic N) is 1. The van der Waals surface area contributed by atoms with Gasteiger partial charge in [-0.05, 0) is 36.8 Å². The van der Waals surface area contributed by atoms with E-state index < -0.39 is 16.6 Å². The van der Waals surface area contributed by atoms with Crippen molar-refractivity contribution in [1.82, 2.24) is 4.98 Å². The van der Waals surface area contributed by atoms with Crippen molar-refractivity contribution in [2.24, 2.45) is 11.3 Å². The second kappa shape index (κ2) is 4.87. The van der Waals surface area contributed by atoms with Gasteiger partial charge in [-0.3, -0.25) is 0 Å². The summed E-state index contributed by atoms with van der Waals surface area (Å²) in [6, 6.07) is 6.43. The van der Waals surface area contributed by atoms with Gasteiger partial charge < -0.3 is 19.7 Å². The van der Waals surface area contributed by atoms with Crippen molar-refractivity contribution < 1.29 is 9.84 Å². The molecule has 0 unspecified atom stereocenters. The first-order chi connectivity index (χ1) is 14.0. The number of aliphatic hydroxyl groups is 1. The first kappa shape index (κ1) is 18.7. The molecule has 4 nitrogen and oxygen atoms in total. The summed E-state index contributed by atoms with van der Waals surface area (Å²) in [6.45, 7) is 23.7. The summed E-state index contributed by atoms with van der Waals surface area (Å²) in [7, 11) is 0. The van der Waals surface area contributed by atoms with Crippen LogP contribution in [0, 0.1) is 17.9 Å². The molecule has 2 N–H and O–H groups in total. The highest BCUT2D eigenvalue weighted by Crippen LogP contribution is 2.73. The first-order valence-electron chi connectivity index (χ1n) is 11.1. The third-order valence-corrected chi connectivity index (χ3v) is 9.56. The van der Waals surface area contributed by atoms with Crippen LogP contribution in [-0.2, 0) is 21.2 Å². The summed E-state index contributed by atoms with van der Waals surface area (Å²) in [5, 5.41) is 14.2. The van der Waals surface area contributed by atoms with Crippen LogP contribution in [0.5, 0.6) is 0 Å². The molecule has 2 aromatic rings. The molecule has 0 radical (unpaired) electrons. The summed E-state index contributed by atoms with van der Waals surface area (Å²) in [5.41, 5.74) is 0.791. The minimum Gasteiger partial charge on any atom is -0.377 e. The normalized spacial score (nSPS) is 44.0. The smallest absolute Gasteiger partial charge is 0.301 e. The minimum absolute atomic E-state index is 0.0708. The van der Waals surface area contributed by atoms with Crippen LogP contribution in [0.1, 0.15) is 64.3 Å². The van der Waals surface area contributed by atoms with Crippen LogP contribution in [0.4, 0.5) is 0 Å². The van der Waals surface area contributed by atoms with E-state index in [0.29, 0.717) is 0 Å². The maximum absolute atomic E-state index is 13.0. The molecule has 2 fully saturated rings. The fraction of sp³-hybridized carbons (Fsp3) is 0.577. The van der Waals surface area contributed by atoms with Crippen LogP contribution in [0.15, 0.2) is 30.9 Å². The largest absolute Gasteiger partial charge is 0.377 e. The molecule has 3 aliphatic carbocycles. The fourth-order valence-corrected chi connectivity index (χ4v) is 7.83. The van der Waals surface area contributed by atoms with Gasteiger partial charge in [0.15, 0.2) is 11.7 Å². The Morgan fingerprint density at radius 3 is 2.60 bits per heavy atom. The second-order valence-electron chi connectivity index (χ2n) is 11.4. The predicted octanol–water partition coefficient (Wildman–Crippen LogP) is 4.97. The second-order valence-corrected chi connectivity index (χ2v) is 11.4. The van der Waals surface area contributed by atoms with Crippen molar-refractivity contribution in [3.63, 3.8) is 0 Å². The zero-order chi connectivity index (χ0) is 21.5. The number of H-pyrrole nitrogens is 1. The summed E-state index contributed by atoms with van der Waals surface area (Å²) < 4.78 is 6.35. The number of benzene rings is 1. The van der Waals surface area contributed by atoms with Crippen molar-refractivity contribution in [1.29, 1.82) is 0 Å². The van der Waals surface area contributed by atoms with E-state index in [1.54, 1.807) is 0 Å². The highest BCUT2D eigenvalue weighted by molar-refractivity contribution is 5.92. The Bertz CT molecular complexity index is 1180. The first-order valence-corrected chi connectivity index (χ1v) is 11.1. The molecule has 0 amide bonds. The third-order valence-electron chi connectivity index (χ3n) is 9.56. The molecule has 6 rings (SSSR count). The predicted molar refractivity (Wildman–Crippen MR) is 117 cm³/mol. The monoisotopic (exact) mass is 402 g/mol. The zero-order valence-electron chi connectivity index (χ0n) is 18.5. The van der Waals surface area contributed by atoms with E-state index in [1.165, 1.54) is 5.56 Å². The molecule has 1 aromatic heterocycles. The third kappa shape index (κ3) is 1.55. The molecule has 4 aliphatic rings. The quantitative estimate of drug-likeness (QED) is 0.402. The molecule has 1 saturated carbocycles. The van der Waals surface area contributed by atoms with Crippen LogP contribution in [-0.4, -0.2) is 27.8 Å². The van der Waals surface area contributed by atoms with Crippen LogP contribution in [0.25, 0.3) is 15.7 Å². The Morgan fingerprint density at radius 2 is 1.93 bits per heavy atom. The lowest BCUT2D eigenvalue weighted by Gasteiger charge is -2.59. The maximum atomic E-state index is 13.0. The Morgan fingerprint density at radius 1 is 1.20 bits per heavy atom. The Hall–Kier alpha value is -2.09. The number of aromatic amines is 1. The van der Waals surface area contributed by atoms with Gasteiger partial charge in [-0.2, -0.15) is 0 Å². The van der Waals surface area contributed by atoms with Gasteiger partial charge in [0, 0.05) is 33.5 Å². The highest BCUT2D eigenvalue weighted by atomic mass is 16.6. The molecule has 156 valence electrons. The number of ether oxygens (including phenoxy) is 1. The lowest BCUT2D eigenvalue weighted by Crippen LogP contribution is -2.71. The standard InChI is InChI=1S/C26H30N2O2/c1-8-24(6)13-12-16-22(2,3)14-10-9-11-15-17(14)18-19(28-15)23(4,5)20-21(30-20)26(24,27-7)25(16,18)29/h8-11,16,20-21,28-29H,1,12-13H2,2-6H3/t16-,20-,21+,24+,25-,26+/m1/s1. The highest BCUT2D eigenvalue weighted by Gasteiger charge is 2.86. The summed E-state index contributed by atoms with van der Waals surface area (Å²) in [4.78, 5) is 8.05. The number of rotatable bonds is 1. The molecule has 1 saturated heterocycles. The van der Waals surface area contributed by atoms with Gasteiger partial charge in [0.1, 0.15) is 6.10 Å². The number of nitrogens with one attached hydrogen (secondary N) is 1. The molecule has 4 heteroatoms. The maximum Gasteiger partial charge on any atom is 0.301 e. The average molecular weight is 403 g/mol. The van der Waals surface area contributed by atoms with Crippen LogP contribution >= 0.6 is 0 Å². The zero-order valence-corrected chi connectivity index (χ0v) is 18.5. The van der Waals surface area contributed by atoms with Crippen molar-refractivity contribution in [2.45, 2.75) is 81.6 Å². The lowest BCUT2D eigenvalue weighted by molar-refractivity contribution is -0.167. The van der Waals surface area contributed by atoms with Crippen molar-refractivity contribution in [2.75, 3.05) is 0 Å². The number of hydrogen-bond acceptors (Lipinski definition) is 2. The van der Waals surface area contributed by atoms with Gasteiger partial charge in [-0.1, -0.05) is 45.9 Å². The van der Waals surface area contributed by atoms with Gasteiger partial charge in [-0.15, -0.1) is 6.58 Å². The molecule has 6 atom stereocenters. The Kier molecular flexibility index (Phi) is 3.03. The van der Waals surface area contributed by atoms with Gasteiger partial charge >= 0.3 is 5.54 Å². The van der Waals surface area contributed by atoms with E-state index in [1.807, 2.05) is 6.08 Å². The van der Waals surface area contributed by atoms with Gasteiger partial charge in [0.2, 0.25) is 0 Å². The topological polar surface area (TPSA) is 52.9 Å². The van der Waals surface area contributed by atoms with Crippen LogP contribution in [0.2, 0.25) is 0 Å². The van der Waals surface area contributed by atoms with Gasteiger partial charge in [0.25, 0.3) is 0 Å². The van der Waals surface area contributed by atoms with Crippen molar-refractivity contribution in [3.05, 3.63) is 59.1 Å². The fourth-order valence-electron chi connectivity index (χ4n) is 7.83. The van der Waals surface area contributed by atoms with E-state index in [4.69, 9.17) is 11.3 Å². The van der Waals surface area contributed by atoms with E-state index in [9.17, 15) is 5.11 Å². The van der Waals surface area contributed by atoms with E-state index in [0.717, 1.165) is 35.0 Å². The Labute approximate surface area is 178 Å². The number of hydrogen-bond donors (Lipinski definition) is 2. The van der Waals surface area contributed by atoms with E-state index >= 15 is 0 Å². The summed E-state index contributed by atoms with van der Waals surface area (Å²) in [6.07, 6.45) is 3.19. The van der Waals surface area contributed by atoms with E-state index in [-0.39, 0.29) is 29.0 Å². The van der Waals surface area contributed by atoms with E-state index in [2.05, 4.69) is 69.2 Å². The summed E-state index contributed by atoms with van der Waals surface area (Å²) in [5.74, 6) is -0.0708. The van der Waals surface area contributed by atoms with Gasteiger partial charge in [0.05, 0.1) is 5.41 Å². The molecule has 1 aliphatic heterocycles. The number of fused-ring (bicyclic) bond motifs is 2. The molecule has 30 heavy (non-hydrogen) atoms. The molecular weight excluding hydrogens is 372 g/mol. The molecular formula is C26H30N2O2. The molecule has 1 aromatic carbocycles.